The molecule has 1 atom stereocenters. The zero-order chi connectivity index (χ0) is 17.6. The van der Waals surface area contributed by atoms with Crippen molar-refractivity contribution in [1.82, 2.24) is 14.8 Å². The van der Waals surface area contributed by atoms with E-state index >= 15 is 0 Å². The van der Waals surface area contributed by atoms with E-state index in [1.54, 1.807) is 23.9 Å². The summed E-state index contributed by atoms with van der Waals surface area (Å²) < 4.78 is 21.0. The third-order valence-electron chi connectivity index (χ3n) is 3.76. The molecule has 3 rings (SSSR count). The van der Waals surface area contributed by atoms with Gasteiger partial charge in [0.2, 0.25) is 0 Å². The Kier molecular flexibility index (Phi) is 5.71. The lowest BCUT2D eigenvalue weighted by Gasteiger charge is -2.15. The molecule has 0 unspecified atom stereocenters. The van der Waals surface area contributed by atoms with Gasteiger partial charge in [-0.2, -0.15) is 0 Å². The van der Waals surface area contributed by atoms with Crippen molar-refractivity contribution in [3.8, 4) is 5.75 Å². The Bertz CT molecular complexity index is 805. The van der Waals surface area contributed by atoms with Crippen molar-refractivity contribution in [2.24, 2.45) is 0 Å². The van der Waals surface area contributed by atoms with Crippen LogP contribution in [0.5, 0.6) is 5.75 Å². The quantitative estimate of drug-likeness (QED) is 0.566. The van der Waals surface area contributed by atoms with E-state index in [4.69, 9.17) is 4.74 Å². The van der Waals surface area contributed by atoms with Crippen LogP contribution in [0.3, 0.4) is 0 Å². The van der Waals surface area contributed by atoms with Gasteiger partial charge in [0, 0.05) is 12.3 Å². The normalized spacial score (nSPS) is 12.1. The van der Waals surface area contributed by atoms with Crippen molar-refractivity contribution in [3.05, 3.63) is 71.8 Å². The van der Waals surface area contributed by atoms with Gasteiger partial charge in [0.05, 0.1) is 0 Å². The molecule has 130 valence electrons. The van der Waals surface area contributed by atoms with Crippen LogP contribution in [0.1, 0.15) is 31.3 Å². The first kappa shape index (κ1) is 17.5. The van der Waals surface area contributed by atoms with Gasteiger partial charge in [-0.15, -0.1) is 10.2 Å². The molecule has 0 saturated heterocycles. The molecule has 25 heavy (non-hydrogen) atoms. The Hall–Kier alpha value is -2.34. The number of hydrogen-bond donors (Lipinski definition) is 0. The summed E-state index contributed by atoms with van der Waals surface area (Å²) in [6.07, 6.45) is -0.199. The Morgan fingerprint density at radius 1 is 1.08 bits per heavy atom. The predicted molar refractivity (Wildman–Crippen MR) is 97.1 cm³/mol. The van der Waals surface area contributed by atoms with Gasteiger partial charge in [-0.3, -0.25) is 0 Å². The number of hydrogen-bond acceptors (Lipinski definition) is 4. The molecule has 1 aromatic heterocycles. The minimum atomic E-state index is -0.223. The van der Waals surface area contributed by atoms with E-state index in [1.165, 1.54) is 12.1 Å². The van der Waals surface area contributed by atoms with Crippen LogP contribution in [0.4, 0.5) is 4.39 Å². The highest BCUT2D eigenvalue weighted by molar-refractivity contribution is 7.98. The third-order valence-corrected chi connectivity index (χ3v) is 4.80. The summed E-state index contributed by atoms with van der Waals surface area (Å²) in [5, 5.41) is 9.46. The van der Waals surface area contributed by atoms with Crippen LogP contribution in [0.25, 0.3) is 0 Å². The Morgan fingerprint density at radius 2 is 1.80 bits per heavy atom. The number of para-hydroxylation sites is 1. The number of ether oxygens (including phenoxy) is 1. The largest absolute Gasteiger partial charge is 0.483 e. The molecule has 0 aliphatic rings. The average Bonchev–Trinajstić information content (AvgIpc) is 3.05. The van der Waals surface area contributed by atoms with E-state index < -0.39 is 0 Å². The average molecular weight is 357 g/mol. The smallest absolute Gasteiger partial charge is 0.191 e. The summed E-state index contributed by atoms with van der Waals surface area (Å²) in [7, 11) is 0. The fourth-order valence-electron chi connectivity index (χ4n) is 2.49. The summed E-state index contributed by atoms with van der Waals surface area (Å²) in [6.45, 7) is 4.79. The van der Waals surface area contributed by atoms with Gasteiger partial charge >= 0.3 is 0 Å². The monoisotopic (exact) mass is 357 g/mol. The van der Waals surface area contributed by atoms with Crippen LogP contribution >= 0.6 is 11.8 Å². The lowest BCUT2D eigenvalue weighted by Crippen LogP contribution is -2.11. The molecule has 0 bridgehead atoms. The van der Waals surface area contributed by atoms with Gasteiger partial charge < -0.3 is 9.30 Å². The van der Waals surface area contributed by atoms with E-state index in [0.29, 0.717) is 5.75 Å². The maximum absolute atomic E-state index is 13.0. The summed E-state index contributed by atoms with van der Waals surface area (Å²) in [6, 6.07) is 16.2. The Balaban J connectivity index is 1.70. The first-order valence-electron chi connectivity index (χ1n) is 8.19. The lowest BCUT2D eigenvalue weighted by molar-refractivity contribution is 0.210. The number of aromatic nitrogens is 3. The van der Waals surface area contributed by atoms with Crippen molar-refractivity contribution in [2.45, 2.75) is 37.4 Å². The second-order valence-electron chi connectivity index (χ2n) is 5.57. The van der Waals surface area contributed by atoms with Gasteiger partial charge in [-0.25, -0.2) is 4.39 Å². The Labute approximate surface area is 151 Å². The molecule has 0 saturated carbocycles. The van der Waals surface area contributed by atoms with E-state index in [-0.39, 0.29) is 11.9 Å². The van der Waals surface area contributed by atoms with Gasteiger partial charge in [-0.05, 0) is 43.7 Å². The summed E-state index contributed by atoms with van der Waals surface area (Å²) >= 11 is 1.59. The molecule has 0 aliphatic carbocycles. The number of rotatable bonds is 7. The first-order valence-corrected chi connectivity index (χ1v) is 9.18. The zero-order valence-electron chi connectivity index (χ0n) is 14.2. The van der Waals surface area contributed by atoms with Crippen molar-refractivity contribution >= 4 is 11.8 Å². The van der Waals surface area contributed by atoms with Gasteiger partial charge in [-0.1, -0.05) is 42.1 Å². The fourth-order valence-corrected chi connectivity index (χ4v) is 3.45. The third kappa shape index (κ3) is 4.39. The number of nitrogens with zero attached hydrogens (tertiary/aromatic N) is 3. The van der Waals surface area contributed by atoms with E-state index in [9.17, 15) is 4.39 Å². The molecule has 0 fully saturated rings. The van der Waals surface area contributed by atoms with E-state index in [0.717, 1.165) is 28.8 Å². The molecule has 1 heterocycles. The molecule has 6 heteroatoms. The second-order valence-corrected chi connectivity index (χ2v) is 6.52. The molecule has 0 radical (unpaired) electrons. The highest BCUT2D eigenvalue weighted by Crippen LogP contribution is 2.26. The maximum Gasteiger partial charge on any atom is 0.191 e. The van der Waals surface area contributed by atoms with Gasteiger partial charge in [0.15, 0.2) is 17.1 Å². The van der Waals surface area contributed by atoms with Crippen molar-refractivity contribution < 1.29 is 9.13 Å². The molecule has 2 aromatic carbocycles. The van der Waals surface area contributed by atoms with Gasteiger partial charge in [0.25, 0.3) is 0 Å². The second kappa shape index (κ2) is 8.16. The van der Waals surface area contributed by atoms with Crippen molar-refractivity contribution in [2.75, 3.05) is 0 Å². The Morgan fingerprint density at radius 3 is 2.48 bits per heavy atom. The molecule has 0 N–H and O–H groups in total. The first-order chi connectivity index (χ1) is 12.2. The molecular weight excluding hydrogens is 337 g/mol. The topological polar surface area (TPSA) is 39.9 Å². The van der Waals surface area contributed by atoms with Crippen LogP contribution in [-0.4, -0.2) is 14.8 Å². The fraction of sp³-hybridized carbons (Fsp3) is 0.263. The summed E-state index contributed by atoms with van der Waals surface area (Å²) in [4.78, 5) is 0. The number of benzene rings is 2. The number of thioether (sulfide) groups is 1. The zero-order valence-corrected chi connectivity index (χ0v) is 15.0. The standard InChI is InChI=1S/C19H20FN3OS/c1-3-23-18(14(2)24-17-7-5-4-6-8-17)21-22-19(23)25-13-15-9-11-16(20)12-10-15/h4-12,14H,3,13H2,1-2H3/t14-/m1/s1. The summed E-state index contributed by atoms with van der Waals surface area (Å²) in [5.41, 5.74) is 1.05. The summed E-state index contributed by atoms with van der Waals surface area (Å²) in [5.74, 6) is 2.10. The van der Waals surface area contributed by atoms with Crippen molar-refractivity contribution in [3.63, 3.8) is 0 Å². The molecular formula is C19H20FN3OS. The van der Waals surface area contributed by atoms with Crippen LogP contribution in [-0.2, 0) is 12.3 Å². The lowest BCUT2D eigenvalue weighted by atomic mass is 10.2. The molecule has 4 nitrogen and oxygen atoms in total. The molecule has 0 amide bonds. The van der Waals surface area contributed by atoms with E-state index in [1.807, 2.05) is 37.3 Å². The van der Waals surface area contributed by atoms with Crippen LogP contribution in [0.2, 0.25) is 0 Å². The minimum absolute atomic E-state index is 0.199. The van der Waals surface area contributed by atoms with Crippen LogP contribution in [0.15, 0.2) is 59.8 Å². The minimum Gasteiger partial charge on any atom is -0.483 e. The highest BCUT2D eigenvalue weighted by Gasteiger charge is 2.18. The maximum atomic E-state index is 13.0. The molecule has 3 aromatic rings. The SMILES string of the molecule is CCn1c(SCc2ccc(F)cc2)nnc1[C@@H](C)Oc1ccccc1. The van der Waals surface area contributed by atoms with Crippen LogP contribution in [0, 0.1) is 5.82 Å². The van der Waals surface area contributed by atoms with Gasteiger partial charge in [0.1, 0.15) is 11.6 Å². The predicted octanol–water partition coefficient (Wildman–Crippen LogP) is 4.87. The van der Waals surface area contributed by atoms with Crippen molar-refractivity contribution in [1.29, 1.82) is 0 Å². The molecule has 0 spiro atoms. The highest BCUT2D eigenvalue weighted by atomic mass is 32.2. The molecule has 0 aliphatic heterocycles. The van der Waals surface area contributed by atoms with Crippen LogP contribution < -0.4 is 4.74 Å². The van der Waals surface area contributed by atoms with E-state index in [2.05, 4.69) is 21.7 Å². The number of halogens is 1.